The van der Waals surface area contributed by atoms with E-state index in [2.05, 4.69) is 28.8 Å². The molecule has 0 spiro atoms. The zero-order chi connectivity index (χ0) is 20.8. The minimum Gasteiger partial charge on any atom is -0.347 e. The third-order valence-electron chi connectivity index (χ3n) is 4.94. The molecule has 0 bridgehead atoms. The first-order valence-electron chi connectivity index (χ1n) is 10.1. The molecule has 0 saturated heterocycles. The highest BCUT2D eigenvalue weighted by molar-refractivity contribution is 5.90. The van der Waals surface area contributed by atoms with Crippen LogP contribution in [0.15, 0.2) is 72.8 Å². The van der Waals surface area contributed by atoms with Crippen molar-refractivity contribution in [2.45, 2.75) is 39.3 Å². The van der Waals surface area contributed by atoms with Gasteiger partial charge in [-0.05, 0) is 34.7 Å². The zero-order valence-electron chi connectivity index (χ0n) is 17.2. The molecule has 0 aliphatic rings. The molecule has 29 heavy (non-hydrogen) atoms. The molecule has 4 heteroatoms. The van der Waals surface area contributed by atoms with Crippen molar-refractivity contribution in [2.75, 3.05) is 0 Å². The average molecular weight is 389 g/mol. The molecule has 0 heterocycles. The van der Waals surface area contributed by atoms with Crippen LogP contribution in [0.5, 0.6) is 0 Å². The van der Waals surface area contributed by atoms with E-state index < -0.39 is 6.04 Å². The second-order valence-electron chi connectivity index (χ2n) is 7.81. The van der Waals surface area contributed by atoms with Gasteiger partial charge >= 0.3 is 0 Å². The fourth-order valence-electron chi connectivity index (χ4n) is 3.54. The van der Waals surface area contributed by atoms with Crippen LogP contribution in [0.1, 0.15) is 50.4 Å². The zero-order valence-corrected chi connectivity index (χ0v) is 17.2. The third-order valence-corrected chi connectivity index (χ3v) is 4.94. The Balaban J connectivity index is 1.82. The van der Waals surface area contributed by atoms with Gasteiger partial charge in [0, 0.05) is 6.42 Å². The maximum absolute atomic E-state index is 13.2. The lowest BCUT2D eigenvalue weighted by molar-refractivity contribution is -0.130. The Hall–Kier alpha value is -3.14. The molecule has 0 aliphatic carbocycles. The van der Waals surface area contributed by atoms with Crippen molar-refractivity contribution in [3.63, 3.8) is 0 Å². The van der Waals surface area contributed by atoms with Crippen molar-refractivity contribution in [3.05, 3.63) is 83.9 Å². The summed E-state index contributed by atoms with van der Waals surface area (Å²) in [7, 11) is 0. The monoisotopic (exact) mass is 388 g/mol. The number of hydrogen-bond donors (Lipinski definition) is 2. The van der Waals surface area contributed by atoms with Gasteiger partial charge < -0.3 is 10.6 Å². The molecular formula is C25H28N2O2. The smallest absolute Gasteiger partial charge is 0.247 e. The van der Waals surface area contributed by atoms with E-state index in [-0.39, 0.29) is 23.8 Å². The van der Waals surface area contributed by atoms with Crippen LogP contribution in [0.2, 0.25) is 0 Å². The Bertz CT molecular complexity index is 977. The van der Waals surface area contributed by atoms with Crippen molar-refractivity contribution >= 4 is 22.6 Å². The lowest BCUT2D eigenvalue weighted by Crippen LogP contribution is -2.41. The van der Waals surface area contributed by atoms with E-state index in [0.717, 1.165) is 21.9 Å². The van der Waals surface area contributed by atoms with E-state index >= 15 is 0 Å². The molecule has 0 aromatic heterocycles. The Kier molecular flexibility index (Phi) is 6.65. The molecule has 0 saturated carbocycles. The van der Waals surface area contributed by atoms with Crippen molar-refractivity contribution in [1.29, 1.82) is 0 Å². The van der Waals surface area contributed by atoms with Gasteiger partial charge in [-0.25, -0.2) is 0 Å². The van der Waals surface area contributed by atoms with E-state index in [1.54, 1.807) is 0 Å². The average Bonchev–Trinajstić information content (AvgIpc) is 2.71. The first-order chi connectivity index (χ1) is 14.0. The maximum Gasteiger partial charge on any atom is 0.247 e. The molecular weight excluding hydrogens is 360 g/mol. The lowest BCUT2D eigenvalue weighted by atomic mass is 9.98. The minimum atomic E-state index is -0.722. The number of rotatable bonds is 7. The number of fused-ring (bicyclic) bond motifs is 1. The number of carbonyl (C=O) groups excluding carboxylic acids is 2. The summed E-state index contributed by atoms with van der Waals surface area (Å²) >= 11 is 0. The molecule has 2 unspecified atom stereocenters. The van der Waals surface area contributed by atoms with Crippen LogP contribution in [0, 0.1) is 5.92 Å². The molecule has 3 aromatic carbocycles. The van der Waals surface area contributed by atoms with Crippen molar-refractivity contribution < 1.29 is 9.59 Å². The van der Waals surface area contributed by atoms with E-state index in [1.165, 1.54) is 0 Å². The van der Waals surface area contributed by atoms with Crippen LogP contribution in [-0.4, -0.2) is 11.8 Å². The van der Waals surface area contributed by atoms with Gasteiger partial charge in [0.2, 0.25) is 11.8 Å². The van der Waals surface area contributed by atoms with E-state index in [0.29, 0.717) is 6.42 Å². The normalized spacial score (nSPS) is 13.1. The highest BCUT2D eigenvalue weighted by atomic mass is 16.2. The molecule has 2 atom stereocenters. The van der Waals surface area contributed by atoms with E-state index in [4.69, 9.17) is 0 Å². The fourth-order valence-corrected chi connectivity index (χ4v) is 3.54. The maximum atomic E-state index is 13.2. The van der Waals surface area contributed by atoms with Crippen molar-refractivity contribution in [3.8, 4) is 0 Å². The summed E-state index contributed by atoms with van der Waals surface area (Å²) in [5, 5.41) is 8.25. The van der Waals surface area contributed by atoms with Gasteiger partial charge in [0.15, 0.2) is 0 Å². The molecule has 0 aliphatic heterocycles. The van der Waals surface area contributed by atoms with Crippen LogP contribution in [-0.2, 0) is 9.59 Å². The largest absolute Gasteiger partial charge is 0.347 e. The number of carbonyl (C=O) groups is 2. The molecule has 2 amide bonds. The molecule has 4 nitrogen and oxygen atoms in total. The summed E-state index contributed by atoms with van der Waals surface area (Å²) in [6.45, 7) is 5.94. The highest BCUT2D eigenvalue weighted by Crippen LogP contribution is 2.25. The first-order valence-corrected chi connectivity index (χ1v) is 10.1. The number of benzene rings is 3. The van der Waals surface area contributed by atoms with Crippen LogP contribution in [0.4, 0.5) is 0 Å². The van der Waals surface area contributed by atoms with Crippen LogP contribution >= 0.6 is 0 Å². The van der Waals surface area contributed by atoms with Crippen LogP contribution in [0.3, 0.4) is 0 Å². The second kappa shape index (κ2) is 9.37. The number of hydrogen-bond acceptors (Lipinski definition) is 2. The standard InChI is InChI=1S/C25H28N2O2/c1-17(2)16-23(28)27-24(20-11-5-4-6-12-20)25(29)26-18(3)21-15-9-13-19-10-7-8-14-22(19)21/h4-15,17-18,24H,16H2,1-3H3,(H,26,29)(H,27,28). The molecule has 0 fully saturated rings. The van der Waals surface area contributed by atoms with Crippen LogP contribution in [0.25, 0.3) is 10.8 Å². The SMILES string of the molecule is CC(C)CC(=O)NC(C(=O)NC(C)c1cccc2ccccc12)c1ccccc1. The Morgan fingerprint density at radius 2 is 1.45 bits per heavy atom. The van der Waals surface area contributed by atoms with E-state index in [9.17, 15) is 9.59 Å². The molecule has 0 radical (unpaired) electrons. The molecule has 3 rings (SSSR count). The molecule has 2 N–H and O–H groups in total. The van der Waals surface area contributed by atoms with Gasteiger partial charge in [-0.1, -0.05) is 86.6 Å². The van der Waals surface area contributed by atoms with Gasteiger partial charge in [0.05, 0.1) is 6.04 Å². The third kappa shape index (κ3) is 5.23. The summed E-state index contributed by atoms with van der Waals surface area (Å²) < 4.78 is 0. The Labute approximate surface area is 172 Å². The number of nitrogens with one attached hydrogen (secondary N) is 2. The predicted octanol–water partition coefficient (Wildman–Crippen LogP) is 4.92. The highest BCUT2D eigenvalue weighted by Gasteiger charge is 2.24. The van der Waals surface area contributed by atoms with Crippen LogP contribution < -0.4 is 10.6 Å². The second-order valence-corrected chi connectivity index (χ2v) is 7.81. The fraction of sp³-hybridized carbons (Fsp3) is 0.280. The summed E-state index contributed by atoms with van der Waals surface area (Å²) in [4.78, 5) is 25.5. The first kappa shape index (κ1) is 20.6. The topological polar surface area (TPSA) is 58.2 Å². The number of amides is 2. The summed E-state index contributed by atoms with van der Waals surface area (Å²) in [5.74, 6) is -0.111. The molecule has 3 aromatic rings. The molecule has 150 valence electrons. The summed E-state index contributed by atoms with van der Waals surface area (Å²) in [5.41, 5.74) is 1.82. The van der Waals surface area contributed by atoms with Crippen molar-refractivity contribution in [1.82, 2.24) is 10.6 Å². The van der Waals surface area contributed by atoms with Gasteiger partial charge in [0.25, 0.3) is 0 Å². The van der Waals surface area contributed by atoms with Gasteiger partial charge in [-0.2, -0.15) is 0 Å². The summed E-state index contributed by atoms with van der Waals surface area (Å²) in [6.07, 6.45) is 0.384. The van der Waals surface area contributed by atoms with Gasteiger partial charge in [0.1, 0.15) is 6.04 Å². The summed E-state index contributed by atoms with van der Waals surface area (Å²) in [6, 6.07) is 22.7. The Morgan fingerprint density at radius 1 is 0.793 bits per heavy atom. The van der Waals surface area contributed by atoms with E-state index in [1.807, 2.05) is 75.4 Å². The van der Waals surface area contributed by atoms with Gasteiger partial charge in [-0.15, -0.1) is 0 Å². The lowest BCUT2D eigenvalue weighted by Gasteiger charge is -2.23. The minimum absolute atomic E-state index is 0.123. The van der Waals surface area contributed by atoms with Crippen molar-refractivity contribution in [2.24, 2.45) is 5.92 Å². The predicted molar refractivity (Wildman–Crippen MR) is 117 cm³/mol. The van der Waals surface area contributed by atoms with Gasteiger partial charge in [-0.3, -0.25) is 9.59 Å². The Morgan fingerprint density at radius 3 is 2.17 bits per heavy atom. The quantitative estimate of drug-likeness (QED) is 0.603.